The Morgan fingerprint density at radius 3 is 2.35 bits per heavy atom. The number of benzene rings is 2. The van der Waals surface area contributed by atoms with Gasteiger partial charge < -0.3 is 9.47 Å². The average molecular weight is 333 g/mol. The molecule has 1 N–H and O–H groups in total. The van der Waals surface area contributed by atoms with E-state index in [1.807, 2.05) is 37.3 Å². The van der Waals surface area contributed by atoms with Crippen molar-refractivity contribution in [3.63, 3.8) is 0 Å². The van der Waals surface area contributed by atoms with E-state index in [9.17, 15) is 8.42 Å². The normalized spacial score (nSPS) is 16.6. The minimum atomic E-state index is -3.66. The second-order valence-corrected chi connectivity index (χ2v) is 7.36. The Balaban J connectivity index is 1.93. The van der Waals surface area contributed by atoms with Crippen molar-refractivity contribution in [3.05, 3.63) is 59.7 Å². The van der Waals surface area contributed by atoms with Crippen LogP contribution < -0.4 is 9.46 Å². The Morgan fingerprint density at radius 2 is 1.83 bits per heavy atom. The van der Waals surface area contributed by atoms with Gasteiger partial charge in [0.15, 0.2) is 0 Å². The SMILES string of the molecule is COc1ccc(S(=O)(=O)NC2(c3ccccc3)COC2)cc1C. The molecule has 1 heterocycles. The third kappa shape index (κ3) is 2.97. The summed E-state index contributed by atoms with van der Waals surface area (Å²) in [7, 11) is -2.10. The molecule has 1 saturated heterocycles. The fourth-order valence-electron chi connectivity index (χ4n) is 2.68. The molecule has 0 aromatic heterocycles. The van der Waals surface area contributed by atoms with Gasteiger partial charge in [-0.05, 0) is 36.2 Å². The fourth-order valence-corrected chi connectivity index (χ4v) is 4.13. The van der Waals surface area contributed by atoms with Gasteiger partial charge in [-0.15, -0.1) is 0 Å². The minimum absolute atomic E-state index is 0.220. The fraction of sp³-hybridized carbons (Fsp3) is 0.294. The maximum atomic E-state index is 12.8. The molecule has 0 unspecified atom stereocenters. The van der Waals surface area contributed by atoms with E-state index in [0.717, 1.165) is 11.1 Å². The smallest absolute Gasteiger partial charge is 0.241 e. The molecule has 6 heteroatoms. The standard InChI is InChI=1S/C17H19NO4S/c1-13-10-15(8-9-16(13)21-2)23(19,20)18-17(11-22-12-17)14-6-4-3-5-7-14/h3-10,18H,11-12H2,1-2H3. The van der Waals surface area contributed by atoms with E-state index in [0.29, 0.717) is 19.0 Å². The maximum absolute atomic E-state index is 12.8. The van der Waals surface area contributed by atoms with Crippen molar-refractivity contribution in [1.82, 2.24) is 4.72 Å². The third-order valence-corrected chi connectivity index (χ3v) is 5.56. The van der Waals surface area contributed by atoms with E-state index >= 15 is 0 Å². The molecule has 23 heavy (non-hydrogen) atoms. The second-order valence-electron chi connectivity index (χ2n) is 5.68. The highest BCUT2D eigenvalue weighted by molar-refractivity contribution is 7.89. The summed E-state index contributed by atoms with van der Waals surface area (Å²) in [5.41, 5.74) is 0.975. The minimum Gasteiger partial charge on any atom is -0.496 e. The van der Waals surface area contributed by atoms with Gasteiger partial charge >= 0.3 is 0 Å². The average Bonchev–Trinajstić information content (AvgIpc) is 2.52. The molecule has 3 rings (SSSR count). The number of nitrogens with one attached hydrogen (secondary N) is 1. The molecule has 2 aromatic carbocycles. The zero-order valence-corrected chi connectivity index (χ0v) is 13.9. The predicted molar refractivity (Wildman–Crippen MR) is 87.0 cm³/mol. The van der Waals surface area contributed by atoms with Crippen LogP contribution in [0.3, 0.4) is 0 Å². The molecule has 0 radical (unpaired) electrons. The van der Waals surface area contributed by atoms with Gasteiger partial charge in [0.05, 0.1) is 25.2 Å². The lowest BCUT2D eigenvalue weighted by atomic mass is 9.89. The topological polar surface area (TPSA) is 64.6 Å². The zero-order chi connectivity index (χ0) is 16.5. The number of sulfonamides is 1. The van der Waals surface area contributed by atoms with Crippen LogP contribution >= 0.6 is 0 Å². The van der Waals surface area contributed by atoms with Crippen LogP contribution in [0.1, 0.15) is 11.1 Å². The Hall–Kier alpha value is -1.89. The molecule has 0 aliphatic carbocycles. The van der Waals surface area contributed by atoms with Crippen LogP contribution in [0.5, 0.6) is 5.75 Å². The Bertz CT molecular complexity index is 799. The molecule has 0 atom stereocenters. The molecule has 0 bridgehead atoms. The van der Waals surface area contributed by atoms with Gasteiger partial charge in [-0.2, -0.15) is 4.72 Å². The first-order valence-electron chi connectivity index (χ1n) is 7.29. The summed E-state index contributed by atoms with van der Waals surface area (Å²) in [5, 5.41) is 0. The summed E-state index contributed by atoms with van der Waals surface area (Å²) in [5.74, 6) is 0.661. The highest BCUT2D eigenvalue weighted by Gasteiger charge is 2.43. The molecular formula is C17H19NO4S. The molecule has 122 valence electrons. The summed E-state index contributed by atoms with van der Waals surface area (Å²) in [4.78, 5) is 0.220. The number of hydrogen-bond acceptors (Lipinski definition) is 4. The first kappa shape index (κ1) is 16.0. The molecule has 0 saturated carbocycles. The molecule has 5 nitrogen and oxygen atoms in total. The monoisotopic (exact) mass is 333 g/mol. The second kappa shape index (κ2) is 5.96. The van der Waals surface area contributed by atoms with Crippen molar-refractivity contribution in [2.45, 2.75) is 17.4 Å². The van der Waals surface area contributed by atoms with E-state index in [-0.39, 0.29) is 4.90 Å². The number of ether oxygens (including phenoxy) is 2. The van der Waals surface area contributed by atoms with Crippen molar-refractivity contribution >= 4 is 10.0 Å². The predicted octanol–water partition coefficient (Wildman–Crippen LogP) is 2.21. The maximum Gasteiger partial charge on any atom is 0.241 e. The first-order valence-corrected chi connectivity index (χ1v) is 8.77. The Morgan fingerprint density at radius 1 is 1.13 bits per heavy atom. The number of hydrogen-bond donors (Lipinski definition) is 1. The summed E-state index contributed by atoms with van der Waals surface area (Å²) in [6, 6.07) is 14.3. The first-order chi connectivity index (χ1) is 11.0. The van der Waals surface area contributed by atoms with Crippen molar-refractivity contribution in [2.24, 2.45) is 0 Å². The van der Waals surface area contributed by atoms with Gasteiger partial charge in [0, 0.05) is 0 Å². The van der Waals surface area contributed by atoms with Crippen molar-refractivity contribution in [2.75, 3.05) is 20.3 Å². The molecule has 0 amide bonds. The van der Waals surface area contributed by atoms with Gasteiger partial charge in [0.25, 0.3) is 0 Å². The Kier molecular flexibility index (Phi) is 4.14. The highest BCUT2D eigenvalue weighted by atomic mass is 32.2. The van der Waals surface area contributed by atoms with Crippen LogP contribution in [0, 0.1) is 6.92 Å². The lowest BCUT2D eigenvalue weighted by Gasteiger charge is -2.42. The largest absolute Gasteiger partial charge is 0.496 e. The number of methoxy groups -OCH3 is 1. The molecule has 0 spiro atoms. The van der Waals surface area contributed by atoms with E-state index in [2.05, 4.69) is 4.72 Å². The molecule has 1 fully saturated rings. The van der Waals surface area contributed by atoms with Crippen molar-refractivity contribution in [1.29, 1.82) is 0 Å². The zero-order valence-electron chi connectivity index (χ0n) is 13.1. The molecule has 2 aromatic rings. The van der Waals surface area contributed by atoms with Crippen LogP contribution in [0.4, 0.5) is 0 Å². The highest BCUT2D eigenvalue weighted by Crippen LogP contribution is 2.32. The van der Waals surface area contributed by atoms with E-state index in [4.69, 9.17) is 9.47 Å². The third-order valence-electron chi connectivity index (χ3n) is 4.03. The van der Waals surface area contributed by atoms with E-state index in [1.54, 1.807) is 25.3 Å². The van der Waals surface area contributed by atoms with E-state index < -0.39 is 15.6 Å². The van der Waals surface area contributed by atoms with Crippen LogP contribution in [0.15, 0.2) is 53.4 Å². The van der Waals surface area contributed by atoms with Crippen LogP contribution in [-0.2, 0) is 20.3 Å². The van der Waals surface area contributed by atoms with E-state index in [1.165, 1.54) is 0 Å². The lowest BCUT2D eigenvalue weighted by Crippen LogP contribution is -2.59. The van der Waals surface area contributed by atoms with Gasteiger partial charge in [-0.3, -0.25) is 0 Å². The number of aryl methyl sites for hydroxylation is 1. The Labute approximate surface area is 136 Å². The van der Waals surface area contributed by atoms with Crippen molar-refractivity contribution < 1.29 is 17.9 Å². The molecular weight excluding hydrogens is 314 g/mol. The summed E-state index contributed by atoms with van der Waals surface area (Å²) >= 11 is 0. The lowest BCUT2D eigenvalue weighted by molar-refractivity contribution is -0.0664. The van der Waals surface area contributed by atoms with Crippen LogP contribution in [0.2, 0.25) is 0 Å². The van der Waals surface area contributed by atoms with Gasteiger partial charge in [-0.1, -0.05) is 30.3 Å². The molecule has 1 aliphatic rings. The molecule has 1 aliphatic heterocycles. The number of rotatable bonds is 5. The summed E-state index contributed by atoms with van der Waals surface area (Å²) in [6.45, 7) is 2.47. The van der Waals surface area contributed by atoms with Crippen LogP contribution in [0.25, 0.3) is 0 Å². The van der Waals surface area contributed by atoms with Crippen LogP contribution in [-0.4, -0.2) is 28.7 Å². The van der Waals surface area contributed by atoms with Gasteiger partial charge in [0.1, 0.15) is 11.3 Å². The quantitative estimate of drug-likeness (QED) is 0.911. The van der Waals surface area contributed by atoms with Gasteiger partial charge in [-0.25, -0.2) is 8.42 Å². The summed E-state index contributed by atoms with van der Waals surface area (Å²) < 4.78 is 38.8. The van der Waals surface area contributed by atoms with Crippen molar-refractivity contribution in [3.8, 4) is 5.75 Å². The van der Waals surface area contributed by atoms with Gasteiger partial charge in [0.2, 0.25) is 10.0 Å². The summed E-state index contributed by atoms with van der Waals surface area (Å²) in [6.07, 6.45) is 0.